The number of carbonyl (C=O) groups excluding carboxylic acids is 1. The Kier molecular flexibility index (Phi) is 4.25. The van der Waals surface area contributed by atoms with Gasteiger partial charge in [0, 0.05) is 26.0 Å². The van der Waals surface area contributed by atoms with E-state index in [1.807, 2.05) is 10.8 Å². The summed E-state index contributed by atoms with van der Waals surface area (Å²) in [5.74, 6) is -0.387. The molecule has 19 heavy (non-hydrogen) atoms. The van der Waals surface area contributed by atoms with Crippen LogP contribution in [0.2, 0.25) is 0 Å². The van der Waals surface area contributed by atoms with Crippen molar-refractivity contribution in [1.29, 1.82) is 0 Å². The molecular formula is C13H15N3O3. The lowest BCUT2D eigenvalue weighted by molar-refractivity contribution is 0.0600. The van der Waals surface area contributed by atoms with Crippen molar-refractivity contribution < 1.29 is 14.3 Å². The highest BCUT2D eigenvalue weighted by molar-refractivity contribution is 5.90. The molecule has 2 heterocycles. The van der Waals surface area contributed by atoms with E-state index in [4.69, 9.17) is 4.74 Å². The SMILES string of the molecule is COCCn1cnc(-c2cc(C(=O)OC)ccn2)c1. The van der Waals surface area contributed by atoms with Gasteiger partial charge < -0.3 is 14.0 Å². The molecule has 0 saturated carbocycles. The largest absolute Gasteiger partial charge is 0.465 e. The van der Waals surface area contributed by atoms with Crippen LogP contribution in [0.25, 0.3) is 11.4 Å². The third kappa shape index (κ3) is 3.17. The molecule has 2 rings (SSSR count). The van der Waals surface area contributed by atoms with Gasteiger partial charge in [0.2, 0.25) is 0 Å². The molecule has 0 radical (unpaired) electrons. The summed E-state index contributed by atoms with van der Waals surface area (Å²) in [7, 11) is 3.00. The first-order valence-corrected chi connectivity index (χ1v) is 5.80. The summed E-state index contributed by atoms with van der Waals surface area (Å²) in [6.07, 6.45) is 5.14. The van der Waals surface area contributed by atoms with E-state index in [9.17, 15) is 4.79 Å². The second kappa shape index (κ2) is 6.10. The van der Waals surface area contributed by atoms with Crippen molar-refractivity contribution in [3.63, 3.8) is 0 Å². The van der Waals surface area contributed by atoms with Gasteiger partial charge in [-0.15, -0.1) is 0 Å². The van der Waals surface area contributed by atoms with Crippen LogP contribution < -0.4 is 0 Å². The first-order valence-electron chi connectivity index (χ1n) is 5.80. The normalized spacial score (nSPS) is 10.4. The van der Waals surface area contributed by atoms with Crippen molar-refractivity contribution in [1.82, 2.24) is 14.5 Å². The number of hydrogen-bond acceptors (Lipinski definition) is 5. The summed E-state index contributed by atoms with van der Waals surface area (Å²) >= 11 is 0. The molecular weight excluding hydrogens is 246 g/mol. The van der Waals surface area contributed by atoms with E-state index >= 15 is 0 Å². The highest BCUT2D eigenvalue weighted by Gasteiger charge is 2.09. The van der Waals surface area contributed by atoms with Gasteiger partial charge in [0.15, 0.2) is 0 Å². The summed E-state index contributed by atoms with van der Waals surface area (Å²) in [6.45, 7) is 1.34. The number of nitrogens with zero attached hydrogens (tertiary/aromatic N) is 3. The second-order valence-electron chi connectivity index (χ2n) is 3.91. The summed E-state index contributed by atoms with van der Waals surface area (Å²) in [4.78, 5) is 19.9. The number of pyridine rings is 1. The monoisotopic (exact) mass is 261 g/mol. The van der Waals surface area contributed by atoms with E-state index in [-0.39, 0.29) is 5.97 Å². The maximum Gasteiger partial charge on any atom is 0.337 e. The number of rotatable bonds is 5. The number of methoxy groups -OCH3 is 2. The van der Waals surface area contributed by atoms with E-state index in [2.05, 4.69) is 14.7 Å². The van der Waals surface area contributed by atoms with E-state index in [1.54, 1.807) is 31.8 Å². The first-order chi connectivity index (χ1) is 9.24. The fourth-order valence-electron chi connectivity index (χ4n) is 1.63. The first kappa shape index (κ1) is 13.2. The van der Waals surface area contributed by atoms with Crippen LogP contribution >= 0.6 is 0 Å². The number of imidazole rings is 1. The smallest absolute Gasteiger partial charge is 0.337 e. The van der Waals surface area contributed by atoms with Gasteiger partial charge in [-0.3, -0.25) is 4.98 Å². The fraction of sp³-hybridized carbons (Fsp3) is 0.308. The molecule has 0 atom stereocenters. The van der Waals surface area contributed by atoms with Crippen molar-refractivity contribution in [2.75, 3.05) is 20.8 Å². The Morgan fingerprint density at radius 1 is 1.32 bits per heavy atom. The highest BCUT2D eigenvalue weighted by Crippen LogP contribution is 2.16. The van der Waals surface area contributed by atoms with E-state index < -0.39 is 0 Å². The minimum absolute atomic E-state index is 0.387. The van der Waals surface area contributed by atoms with Gasteiger partial charge >= 0.3 is 5.97 Å². The predicted octanol–water partition coefficient (Wildman–Crippen LogP) is 1.38. The lowest BCUT2D eigenvalue weighted by atomic mass is 10.2. The standard InChI is InChI=1S/C13H15N3O3/c1-18-6-5-16-8-12(15-9-16)11-7-10(3-4-14-11)13(17)19-2/h3-4,7-9H,5-6H2,1-2H3. The molecule has 0 aliphatic carbocycles. The van der Waals surface area contributed by atoms with E-state index in [0.717, 1.165) is 6.54 Å². The number of carbonyl (C=O) groups is 1. The number of aromatic nitrogens is 3. The van der Waals surface area contributed by atoms with E-state index in [1.165, 1.54) is 7.11 Å². The van der Waals surface area contributed by atoms with E-state index in [0.29, 0.717) is 23.6 Å². The Balaban J connectivity index is 2.21. The summed E-state index contributed by atoms with van der Waals surface area (Å²) in [5.41, 5.74) is 1.81. The number of esters is 1. The van der Waals surface area contributed by atoms with Crippen molar-refractivity contribution in [2.24, 2.45) is 0 Å². The van der Waals surface area contributed by atoms with Crippen LogP contribution in [-0.2, 0) is 16.0 Å². The lowest BCUT2D eigenvalue weighted by Crippen LogP contribution is -2.02. The molecule has 0 aliphatic rings. The second-order valence-corrected chi connectivity index (χ2v) is 3.91. The van der Waals surface area contributed by atoms with Gasteiger partial charge in [-0.25, -0.2) is 9.78 Å². The predicted molar refractivity (Wildman–Crippen MR) is 68.7 cm³/mol. The topological polar surface area (TPSA) is 66.2 Å². The zero-order valence-corrected chi connectivity index (χ0v) is 10.9. The molecule has 0 aromatic carbocycles. The van der Waals surface area contributed by atoms with Crippen LogP contribution in [0.5, 0.6) is 0 Å². The Hall–Kier alpha value is -2.21. The van der Waals surface area contributed by atoms with Crippen LogP contribution in [0.15, 0.2) is 30.9 Å². The third-order valence-electron chi connectivity index (χ3n) is 2.63. The average molecular weight is 261 g/mol. The van der Waals surface area contributed by atoms with Crippen LogP contribution in [0.4, 0.5) is 0 Å². The van der Waals surface area contributed by atoms with Gasteiger partial charge in [-0.05, 0) is 12.1 Å². The minimum Gasteiger partial charge on any atom is -0.465 e. The quantitative estimate of drug-likeness (QED) is 0.761. The van der Waals surface area contributed by atoms with Crippen LogP contribution in [0.3, 0.4) is 0 Å². The Labute approximate surface area is 111 Å². The highest BCUT2D eigenvalue weighted by atomic mass is 16.5. The number of hydrogen-bond donors (Lipinski definition) is 0. The molecule has 2 aromatic rings. The van der Waals surface area contributed by atoms with Crippen molar-refractivity contribution >= 4 is 5.97 Å². The zero-order chi connectivity index (χ0) is 13.7. The lowest BCUT2D eigenvalue weighted by Gasteiger charge is -2.01. The molecule has 0 unspecified atom stereocenters. The summed E-state index contributed by atoms with van der Waals surface area (Å²) in [6, 6.07) is 3.27. The Morgan fingerprint density at radius 3 is 2.89 bits per heavy atom. The molecule has 0 amide bonds. The average Bonchev–Trinajstić information content (AvgIpc) is 2.93. The van der Waals surface area contributed by atoms with Crippen molar-refractivity contribution in [3.05, 3.63) is 36.4 Å². The molecule has 6 nitrogen and oxygen atoms in total. The molecule has 0 saturated heterocycles. The summed E-state index contributed by atoms with van der Waals surface area (Å²) < 4.78 is 11.6. The van der Waals surface area contributed by atoms with Crippen molar-refractivity contribution in [3.8, 4) is 11.4 Å². The minimum atomic E-state index is -0.387. The molecule has 2 aromatic heterocycles. The Bertz CT molecular complexity index is 566. The summed E-state index contributed by atoms with van der Waals surface area (Å²) in [5, 5.41) is 0. The third-order valence-corrected chi connectivity index (χ3v) is 2.63. The molecule has 0 aliphatic heterocycles. The van der Waals surface area contributed by atoms with Crippen LogP contribution in [0.1, 0.15) is 10.4 Å². The molecule has 0 N–H and O–H groups in total. The maximum absolute atomic E-state index is 11.5. The van der Waals surface area contributed by atoms with Crippen LogP contribution in [0, 0.1) is 0 Å². The zero-order valence-electron chi connectivity index (χ0n) is 10.9. The van der Waals surface area contributed by atoms with Gasteiger partial charge in [0.1, 0.15) is 5.69 Å². The number of ether oxygens (including phenoxy) is 2. The molecule has 100 valence electrons. The molecule has 0 fully saturated rings. The molecule has 0 bridgehead atoms. The van der Waals surface area contributed by atoms with Crippen molar-refractivity contribution in [2.45, 2.75) is 6.54 Å². The van der Waals surface area contributed by atoms with Gasteiger partial charge in [-0.1, -0.05) is 0 Å². The van der Waals surface area contributed by atoms with Gasteiger partial charge in [0.05, 0.1) is 31.3 Å². The molecule has 0 spiro atoms. The fourth-order valence-corrected chi connectivity index (χ4v) is 1.63. The Morgan fingerprint density at radius 2 is 2.16 bits per heavy atom. The maximum atomic E-state index is 11.5. The van der Waals surface area contributed by atoms with Gasteiger partial charge in [0.25, 0.3) is 0 Å². The van der Waals surface area contributed by atoms with Crippen LogP contribution in [-0.4, -0.2) is 41.3 Å². The molecule has 6 heteroatoms. The van der Waals surface area contributed by atoms with Gasteiger partial charge in [-0.2, -0.15) is 0 Å².